The molecule has 1 fully saturated rings. The minimum atomic E-state index is -0.242. The van der Waals surface area contributed by atoms with Crippen LogP contribution < -0.4 is 4.90 Å². The zero-order valence-corrected chi connectivity index (χ0v) is 12.2. The number of hydrogen-bond acceptors (Lipinski definition) is 2. The number of halogens is 1. The predicted octanol–water partition coefficient (Wildman–Crippen LogP) is 1.67. The second-order valence-corrected chi connectivity index (χ2v) is 5.71. The lowest BCUT2D eigenvalue weighted by Gasteiger charge is -2.18. The number of esters is 1. The summed E-state index contributed by atoms with van der Waals surface area (Å²) in [6.07, 6.45) is 2.55. The van der Waals surface area contributed by atoms with E-state index in [-0.39, 0.29) is 12.1 Å². The van der Waals surface area contributed by atoms with E-state index in [0.29, 0.717) is 5.56 Å². The highest BCUT2D eigenvalue weighted by Crippen LogP contribution is 2.17. The second-order valence-electron chi connectivity index (χ2n) is 4.86. The van der Waals surface area contributed by atoms with E-state index in [4.69, 9.17) is 4.74 Å². The number of hydrogen-bond donors (Lipinski definition) is 1. The summed E-state index contributed by atoms with van der Waals surface area (Å²) in [7, 11) is 0. The van der Waals surface area contributed by atoms with E-state index in [1.54, 1.807) is 11.0 Å². The Hall–Kier alpha value is -0.870. The van der Waals surface area contributed by atoms with Crippen molar-refractivity contribution in [3.8, 4) is 0 Å². The van der Waals surface area contributed by atoms with E-state index in [1.807, 2.05) is 25.1 Å². The van der Waals surface area contributed by atoms with Gasteiger partial charge in [0.1, 0.15) is 12.6 Å². The first-order valence-corrected chi connectivity index (χ1v) is 7.25. The van der Waals surface area contributed by atoms with Crippen LogP contribution in [0.1, 0.15) is 30.1 Å². The van der Waals surface area contributed by atoms with Gasteiger partial charge in [0.25, 0.3) is 0 Å². The van der Waals surface area contributed by atoms with Gasteiger partial charge in [-0.05, 0) is 35.0 Å². The van der Waals surface area contributed by atoms with Crippen molar-refractivity contribution in [2.24, 2.45) is 0 Å². The molecule has 0 bridgehead atoms. The van der Waals surface area contributed by atoms with E-state index in [2.05, 4.69) is 15.9 Å². The fraction of sp³-hybridized carbons (Fsp3) is 0.500. The maximum Gasteiger partial charge on any atom is 0.339 e. The molecule has 1 aromatic rings. The Morgan fingerprint density at radius 1 is 1.39 bits per heavy atom. The summed E-state index contributed by atoms with van der Waals surface area (Å²) in [6, 6.07) is 7.37. The third-order valence-electron chi connectivity index (χ3n) is 3.29. The molecule has 0 amide bonds. The topological polar surface area (TPSA) is 30.7 Å². The van der Waals surface area contributed by atoms with Gasteiger partial charge < -0.3 is 9.64 Å². The molecular formula is C14H19BrNO2+. The molecule has 1 atom stereocenters. The lowest BCUT2D eigenvalue weighted by molar-refractivity contribution is -0.890. The van der Waals surface area contributed by atoms with E-state index < -0.39 is 0 Å². The molecule has 1 N–H and O–H groups in total. The lowest BCUT2D eigenvalue weighted by atomic mass is 10.2. The number of benzene rings is 1. The monoisotopic (exact) mass is 312 g/mol. The predicted molar refractivity (Wildman–Crippen MR) is 73.8 cm³/mol. The summed E-state index contributed by atoms with van der Waals surface area (Å²) in [5, 5.41) is 0. The van der Waals surface area contributed by atoms with Crippen LogP contribution in [-0.2, 0) is 4.74 Å². The summed E-state index contributed by atoms with van der Waals surface area (Å²) in [4.78, 5) is 13.5. The van der Waals surface area contributed by atoms with Gasteiger partial charge >= 0.3 is 5.97 Å². The van der Waals surface area contributed by atoms with Gasteiger partial charge in [0, 0.05) is 17.3 Å². The number of likely N-dealkylation sites (tertiary alicyclic amines) is 1. The van der Waals surface area contributed by atoms with Gasteiger partial charge in [0.15, 0.2) is 0 Å². The fourth-order valence-corrected chi connectivity index (χ4v) is 2.85. The average Bonchev–Trinajstić information content (AvgIpc) is 2.82. The van der Waals surface area contributed by atoms with Crippen LogP contribution in [0.3, 0.4) is 0 Å². The third kappa shape index (κ3) is 3.56. The summed E-state index contributed by atoms with van der Waals surface area (Å²) in [6.45, 7) is 5.30. The van der Waals surface area contributed by atoms with Crippen molar-refractivity contribution < 1.29 is 14.4 Å². The van der Waals surface area contributed by atoms with Crippen molar-refractivity contribution in [1.82, 2.24) is 0 Å². The molecule has 18 heavy (non-hydrogen) atoms. The van der Waals surface area contributed by atoms with Crippen LogP contribution in [0.15, 0.2) is 28.7 Å². The first-order valence-electron chi connectivity index (χ1n) is 6.46. The second kappa shape index (κ2) is 6.34. The highest BCUT2D eigenvalue weighted by atomic mass is 79.9. The average molecular weight is 313 g/mol. The first-order chi connectivity index (χ1) is 8.66. The molecule has 0 spiro atoms. The Balaban J connectivity index is 1.88. The van der Waals surface area contributed by atoms with Crippen LogP contribution >= 0.6 is 15.9 Å². The summed E-state index contributed by atoms with van der Waals surface area (Å²) < 4.78 is 6.28. The third-order valence-corrected chi connectivity index (χ3v) is 3.98. The molecule has 0 radical (unpaired) electrons. The van der Waals surface area contributed by atoms with Crippen LogP contribution in [0.2, 0.25) is 0 Å². The van der Waals surface area contributed by atoms with Gasteiger partial charge in [-0.3, -0.25) is 0 Å². The van der Waals surface area contributed by atoms with E-state index in [1.165, 1.54) is 25.9 Å². The van der Waals surface area contributed by atoms with Gasteiger partial charge in [-0.1, -0.05) is 12.1 Å². The Morgan fingerprint density at radius 3 is 2.72 bits per heavy atom. The normalized spacial score (nSPS) is 17.7. The fourth-order valence-electron chi connectivity index (χ4n) is 2.40. The van der Waals surface area contributed by atoms with Crippen molar-refractivity contribution in [2.45, 2.75) is 25.9 Å². The van der Waals surface area contributed by atoms with Crippen LogP contribution in [0.25, 0.3) is 0 Å². The number of carbonyl (C=O) groups excluding carboxylic acids is 1. The van der Waals surface area contributed by atoms with Crippen LogP contribution in [-0.4, -0.2) is 31.7 Å². The van der Waals surface area contributed by atoms with Crippen LogP contribution in [0, 0.1) is 0 Å². The Morgan fingerprint density at radius 2 is 2.06 bits per heavy atom. The van der Waals surface area contributed by atoms with Crippen LogP contribution in [0.4, 0.5) is 0 Å². The largest absolute Gasteiger partial charge is 0.453 e. The highest BCUT2D eigenvalue weighted by molar-refractivity contribution is 9.10. The number of rotatable bonds is 4. The maximum absolute atomic E-state index is 12.0. The number of carbonyl (C=O) groups is 1. The molecule has 1 aliphatic heterocycles. The first kappa shape index (κ1) is 13.6. The van der Waals surface area contributed by atoms with Crippen LogP contribution in [0.5, 0.6) is 0 Å². The molecule has 0 aromatic heterocycles. The standard InChI is InChI=1S/C14H18BrNO2/c1-11(10-16-8-4-5-9-16)18-14(17)12-6-2-3-7-13(12)15/h2-3,6-7,11H,4-5,8-10H2,1H3/p+1/t11-/m1/s1. The van der Waals surface area contributed by atoms with Gasteiger partial charge in [-0.2, -0.15) is 0 Å². The van der Waals surface area contributed by atoms with E-state index >= 15 is 0 Å². The van der Waals surface area contributed by atoms with Crippen molar-refractivity contribution in [2.75, 3.05) is 19.6 Å². The highest BCUT2D eigenvalue weighted by Gasteiger charge is 2.21. The number of quaternary nitrogens is 1. The zero-order valence-electron chi connectivity index (χ0n) is 10.6. The van der Waals surface area contributed by atoms with Crippen molar-refractivity contribution in [1.29, 1.82) is 0 Å². The summed E-state index contributed by atoms with van der Waals surface area (Å²) in [5.41, 5.74) is 0.598. The van der Waals surface area contributed by atoms with Gasteiger partial charge in [-0.25, -0.2) is 4.79 Å². The smallest absolute Gasteiger partial charge is 0.339 e. The summed E-state index contributed by atoms with van der Waals surface area (Å²) in [5.74, 6) is -0.242. The molecule has 4 heteroatoms. The molecule has 0 saturated carbocycles. The molecule has 0 aliphatic carbocycles. The Labute approximate surface area is 116 Å². The molecule has 1 heterocycles. The van der Waals surface area contributed by atoms with Crippen molar-refractivity contribution >= 4 is 21.9 Å². The molecule has 0 unspecified atom stereocenters. The maximum atomic E-state index is 12.0. The van der Waals surface area contributed by atoms with Gasteiger partial charge in [0.05, 0.1) is 18.7 Å². The number of nitrogens with one attached hydrogen (secondary N) is 1. The molecule has 98 valence electrons. The molecule has 1 aliphatic rings. The lowest BCUT2D eigenvalue weighted by Crippen LogP contribution is -3.11. The molecule has 3 nitrogen and oxygen atoms in total. The van der Waals surface area contributed by atoms with Gasteiger partial charge in [-0.15, -0.1) is 0 Å². The Bertz CT molecular complexity index is 416. The van der Waals surface area contributed by atoms with E-state index in [0.717, 1.165) is 11.0 Å². The van der Waals surface area contributed by atoms with Gasteiger partial charge in [0.2, 0.25) is 0 Å². The SMILES string of the molecule is C[C@H](C[NH+]1CCCC1)OC(=O)c1ccccc1Br. The molecule has 2 rings (SSSR count). The van der Waals surface area contributed by atoms with Crippen molar-refractivity contribution in [3.63, 3.8) is 0 Å². The Kier molecular flexibility index (Phi) is 4.78. The number of ether oxygens (including phenoxy) is 1. The molecular weight excluding hydrogens is 294 g/mol. The van der Waals surface area contributed by atoms with Crippen molar-refractivity contribution in [3.05, 3.63) is 34.3 Å². The minimum Gasteiger partial charge on any atom is -0.453 e. The molecule has 1 saturated heterocycles. The quantitative estimate of drug-likeness (QED) is 0.857. The zero-order chi connectivity index (χ0) is 13.0. The molecule has 1 aromatic carbocycles. The minimum absolute atomic E-state index is 0.0299. The van der Waals surface area contributed by atoms with E-state index in [9.17, 15) is 4.79 Å². The summed E-state index contributed by atoms with van der Waals surface area (Å²) >= 11 is 3.37.